The van der Waals surface area contributed by atoms with E-state index in [1.54, 1.807) is 13.0 Å². The quantitative estimate of drug-likeness (QED) is 0.583. The van der Waals surface area contributed by atoms with Crippen molar-refractivity contribution in [1.29, 1.82) is 0 Å². The largest absolute Gasteiger partial charge is 0.372 e. The van der Waals surface area contributed by atoms with Gasteiger partial charge in [0.05, 0.1) is 4.90 Å². The molecule has 6 nitrogen and oxygen atoms in total. The maximum atomic E-state index is 13.2. The number of anilines is 2. The molecule has 0 bridgehead atoms. The van der Waals surface area contributed by atoms with Gasteiger partial charge in [-0.15, -0.1) is 0 Å². The van der Waals surface area contributed by atoms with Crippen LogP contribution >= 0.6 is 0 Å². The predicted octanol–water partition coefficient (Wildman–Crippen LogP) is 5.03. The van der Waals surface area contributed by atoms with Crippen molar-refractivity contribution in [3.05, 3.63) is 53.2 Å². The highest BCUT2D eigenvalue weighted by molar-refractivity contribution is 7.92. The van der Waals surface area contributed by atoms with Gasteiger partial charge < -0.3 is 9.88 Å². The highest BCUT2D eigenvalue weighted by Crippen LogP contribution is 2.33. The van der Waals surface area contributed by atoms with E-state index < -0.39 is 10.0 Å². The third-order valence-electron chi connectivity index (χ3n) is 6.84. The first-order chi connectivity index (χ1) is 15.3. The molecule has 1 aromatic heterocycles. The molecule has 168 valence electrons. The number of rotatable bonds is 4. The van der Waals surface area contributed by atoms with Gasteiger partial charge in [-0.2, -0.15) is 0 Å². The van der Waals surface area contributed by atoms with Crippen molar-refractivity contribution < 1.29 is 13.2 Å². The molecule has 7 heteroatoms. The minimum atomic E-state index is -3.76. The summed E-state index contributed by atoms with van der Waals surface area (Å²) in [7, 11) is -3.76. The Bertz CT molecular complexity index is 1280. The van der Waals surface area contributed by atoms with E-state index in [2.05, 4.69) is 21.5 Å². The summed E-state index contributed by atoms with van der Waals surface area (Å²) >= 11 is 0. The normalized spacial score (nSPS) is 17.6. The van der Waals surface area contributed by atoms with Gasteiger partial charge in [0.15, 0.2) is 5.78 Å². The number of nitrogens with zero attached hydrogens (tertiary/aromatic N) is 1. The van der Waals surface area contributed by atoms with E-state index in [1.807, 2.05) is 30.3 Å². The van der Waals surface area contributed by atoms with Crippen molar-refractivity contribution in [2.45, 2.75) is 50.8 Å². The van der Waals surface area contributed by atoms with Crippen LogP contribution in [0.3, 0.4) is 0 Å². The summed E-state index contributed by atoms with van der Waals surface area (Å²) in [5.41, 5.74) is 4.64. The van der Waals surface area contributed by atoms with Crippen LogP contribution in [0.2, 0.25) is 0 Å². The fourth-order valence-corrected chi connectivity index (χ4v) is 6.26. The second kappa shape index (κ2) is 7.96. The van der Waals surface area contributed by atoms with Crippen LogP contribution in [0.4, 0.5) is 11.4 Å². The second-order valence-corrected chi connectivity index (χ2v) is 10.9. The van der Waals surface area contributed by atoms with Gasteiger partial charge in [0.2, 0.25) is 0 Å². The maximum absolute atomic E-state index is 13.2. The summed E-state index contributed by atoms with van der Waals surface area (Å²) in [5.74, 6) is 0.898. The highest BCUT2D eigenvalue weighted by atomic mass is 32.2. The molecule has 0 unspecified atom stereocenters. The standard InChI is InChI=1S/C25H29N3O3S/c1-16-10-12-28(13-11-16)19-8-6-18(7-9-19)27-32(30,31)24-15-22-20(14-17(24)2)25-21(26-22)4-3-5-23(25)29/h6-9,14-16,26-27H,3-5,10-13H2,1-2H3. The molecule has 32 heavy (non-hydrogen) atoms. The van der Waals surface area contributed by atoms with Gasteiger partial charge in [-0.3, -0.25) is 9.52 Å². The lowest BCUT2D eigenvalue weighted by Crippen LogP contribution is -2.32. The molecule has 0 saturated carbocycles. The van der Waals surface area contributed by atoms with Crippen LogP contribution < -0.4 is 9.62 Å². The second-order valence-electron chi connectivity index (χ2n) is 9.24. The maximum Gasteiger partial charge on any atom is 0.262 e. The zero-order valence-electron chi connectivity index (χ0n) is 18.6. The van der Waals surface area contributed by atoms with Crippen molar-refractivity contribution >= 4 is 38.1 Å². The topological polar surface area (TPSA) is 82.3 Å². The first-order valence-corrected chi connectivity index (χ1v) is 12.9. The summed E-state index contributed by atoms with van der Waals surface area (Å²) in [6.07, 6.45) is 4.56. The molecule has 2 heterocycles. The van der Waals surface area contributed by atoms with Gasteiger partial charge in [-0.1, -0.05) is 6.92 Å². The molecule has 1 aliphatic heterocycles. The van der Waals surface area contributed by atoms with Crippen molar-refractivity contribution in [2.24, 2.45) is 5.92 Å². The zero-order valence-corrected chi connectivity index (χ0v) is 19.4. The Morgan fingerprint density at radius 1 is 1.06 bits per heavy atom. The first kappa shape index (κ1) is 21.1. The number of aromatic amines is 1. The van der Waals surface area contributed by atoms with E-state index in [-0.39, 0.29) is 10.7 Å². The Balaban J connectivity index is 1.41. The van der Waals surface area contributed by atoms with E-state index >= 15 is 0 Å². The minimum absolute atomic E-state index is 0.133. The van der Waals surface area contributed by atoms with Crippen LogP contribution in [-0.4, -0.2) is 32.3 Å². The summed E-state index contributed by atoms with van der Waals surface area (Å²) in [6.45, 7) is 6.14. The Kier molecular flexibility index (Phi) is 5.24. The van der Waals surface area contributed by atoms with Gasteiger partial charge in [0.25, 0.3) is 10.0 Å². The molecular formula is C25H29N3O3S. The number of ketones is 1. The number of nitrogens with one attached hydrogen (secondary N) is 2. The van der Waals surface area contributed by atoms with Crippen LogP contribution in [0.25, 0.3) is 10.9 Å². The van der Waals surface area contributed by atoms with Crippen molar-refractivity contribution in [3.8, 4) is 0 Å². The first-order valence-electron chi connectivity index (χ1n) is 11.4. The fourth-order valence-electron chi connectivity index (χ4n) is 4.95. The lowest BCUT2D eigenvalue weighted by atomic mass is 9.94. The SMILES string of the molecule is Cc1cc2c3c([nH]c2cc1S(=O)(=O)Nc1ccc(N2CCC(C)CC2)cc1)CCCC3=O. The number of aromatic nitrogens is 1. The molecule has 1 fully saturated rings. The van der Waals surface area contributed by atoms with Crippen LogP contribution in [0.15, 0.2) is 41.3 Å². The Labute approximate surface area is 189 Å². The number of piperidine rings is 1. The molecule has 3 aromatic rings. The summed E-state index contributed by atoms with van der Waals surface area (Å²) in [5, 5.41) is 0.821. The molecule has 1 aliphatic carbocycles. The Hall–Kier alpha value is -2.80. The van der Waals surface area contributed by atoms with Crippen molar-refractivity contribution in [3.63, 3.8) is 0 Å². The van der Waals surface area contributed by atoms with Crippen molar-refractivity contribution in [2.75, 3.05) is 22.7 Å². The molecule has 0 amide bonds. The van der Waals surface area contributed by atoms with E-state index in [4.69, 9.17) is 0 Å². The number of hydrogen-bond donors (Lipinski definition) is 2. The van der Waals surface area contributed by atoms with E-state index in [0.29, 0.717) is 23.2 Å². The average Bonchev–Trinajstić information content (AvgIpc) is 3.13. The summed E-state index contributed by atoms with van der Waals surface area (Å²) in [4.78, 5) is 18.3. The van der Waals surface area contributed by atoms with E-state index in [9.17, 15) is 13.2 Å². The van der Waals surface area contributed by atoms with Crippen molar-refractivity contribution in [1.82, 2.24) is 4.98 Å². The monoisotopic (exact) mass is 451 g/mol. The average molecular weight is 452 g/mol. The van der Waals surface area contributed by atoms with E-state index in [0.717, 1.165) is 54.2 Å². The minimum Gasteiger partial charge on any atom is -0.372 e. The smallest absolute Gasteiger partial charge is 0.262 e. The number of carbonyl (C=O) groups excluding carboxylic acids is 1. The van der Waals surface area contributed by atoms with Crippen LogP contribution in [0.1, 0.15) is 54.2 Å². The molecule has 0 atom stereocenters. The van der Waals surface area contributed by atoms with Crippen LogP contribution in [-0.2, 0) is 16.4 Å². The number of aryl methyl sites for hydroxylation is 2. The Morgan fingerprint density at radius 3 is 2.50 bits per heavy atom. The molecular weight excluding hydrogens is 422 g/mol. The number of sulfonamides is 1. The van der Waals surface area contributed by atoms with Gasteiger partial charge >= 0.3 is 0 Å². The number of carbonyl (C=O) groups is 1. The Morgan fingerprint density at radius 2 is 1.78 bits per heavy atom. The highest BCUT2D eigenvalue weighted by Gasteiger charge is 2.25. The molecule has 0 spiro atoms. The van der Waals surface area contributed by atoms with Gasteiger partial charge in [-0.25, -0.2) is 8.42 Å². The molecule has 1 saturated heterocycles. The number of Topliss-reactive ketones (excluding diaryl/α,β-unsaturated/α-hetero) is 1. The van der Waals surface area contributed by atoms with Gasteiger partial charge in [0.1, 0.15) is 0 Å². The molecule has 2 N–H and O–H groups in total. The van der Waals surface area contributed by atoms with Gasteiger partial charge in [0, 0.05) is 53.0 Å². The number of benzene rings is 2. The molecule has 0 radical (unpaired) electrons. The molecule has 5 rings (SSSR count). The third kappa shape index (κ3) is 3.79. The van der Waals surface area contributed by atoms with Gasteiger partial charge in [-0.05, 0) is 80.5 Å². The number of hydrogen-bond acceptors (Lipinski definition) is 4. The lowest BCUT2D eigenvalue weighted by molar-refractivity contribution is 0.0974. The summed E-state index contributed by atoms with van der Waals surface area (Å²) in [6, 6.07) is 11.1. The van der Waals surface area contributed by atoms with Crippen LogP contribution in [0.5, 0.6) is 0 Å². The summed E-state index contributed by atoms with van der Waals surface area (Å²) < 4.78 is 29.1. The van der Waals surface area contributed by atoms with E-state index in [1.165, 1.54) is 12.8 Å². The van der Waals surface area contributed by atoms with Crippen LogP contribution in [0, 0.1) is 12.8 Å². The molecule has 2 aromatic carbocycles. The predicted molar refractivity (Wildman–Crippen MR) is 128 cm³/mol. The molecule has 2 aliphatic rings. The number of H-pyrrole nitrogens is 1. The lowest BCUT2D eigenvalue weighted by Gasteiger charge is -2.32. The third-order valence-corrected chi connectivity index (χ3v) is 8.36. The zero-order chi connectivity index (χ0) is 22.5. The fraction of sp³-hybridized carbons (Fsp3) is 0.400. The number of fused-ring (bicyclic) bond motifs is 3.